The Balaban J connectivity index is 0.00000128. The number of aryl methyl sites for hydroxylation is 2. The van der Waals surface area contributed by atoms with E-state index >= 15 is 0 Å². The minimum Gasteiger partial charge on any atom is -1.00 e. The molecule has 2 aromatic rings. The van der Waals surface area contributed by atoms with Crippen LogP contribution in [0.25, 0.3) is 0 Å². The van der Waals surface area contributed by atoms with Gasteiger partial charge in [-0.25, -0.2) is 4.57 Å². The average molecular weight is 346 g/mol. The molecule has 4 heteroatoms. The van der Waals surface area contributed by atoms with Gasteiger partial charge in [-0.15, -0.1) is 0 Å². The van der Waals surface area contributed by atoms with E-state index in [0.29, 0.717) is 0 Å². The zero-order valence-corrected chi connectivity index (χ0v) is 12.0. The van der Waals surface area contributed by atoms with Crippen molar-refractivity contribution in [2.75, 3.05) is 0 Å². The molecule has 1 aromatic heterocycles. The predicted octanol–water partition coefficient (Wildman–Crippen LogP) is -0.299. The molecule has 0 aliphatic rings. The first kappa shape index (κ1) is 13.5. The van der Waals surface area contributed by atoms with Crippen LogP contribution in [-0.4, -0.2) is 4.98 Å². The lowest BCUT2D eigenvalue weighted by Gasteiger charge is -1.99. The lowest BCUT2D eigenvalue weighted by Crippen LogP contribution is -3.00. The standard InChI is InChI=1S/C12H13BrN2.BrH/c13-12-5-3-11(4-6-12)2-1-8-15-9-7-14-10-15;/h3-7,9-10H,1-2,8H2;1H. The Hall–Kier alpha value is -0.610. The van der Waals surface area contributed by atoms with Crippen molar-refractivity contribution >= 4 is 15.9 Å². The van der Waals surface area contributed by atoms with Gasteiger partial charge < -0.3 is 17.0 Å². The molecule has 1 N–H and O–H groups in total. The van der Waals surface area contributed by atoms with E-state index in [-0.39, 0.29) is 17.0 Å². The number of aromatic nitrogens is 2. The van der Waals surface area contributed by atoms with Gasteiger partial charge in [-0.3, -0.25) is 4.98 Å². The largest absolute Gasteiger partial charge is 1.00 e. The van der Waals surface area contributed by atoms with Crippen molar-refractivity contribution < 1.29 is 21.5 Å². The highest BCUT2D eigenvalue weighted by molar-refractivity contribution is 9.10. The Kier molecular flexibility index (Phi) is 5.77. The maximum atomic E-state index is 3.44. The number of nitrogens with zero attached hydrogens (tertiary/aromatic N) is 1. The molecule has 0 fully saturated rings. The second kappa shape index (κ2) is 6.86. The molecule has 16 heavy (non-hydrogen) atoms. The number of nitrogens with one attached hydrogen (secondary N) is 1. The molecule has 0 radical (unpaired) electrons. The Morgan fingerprint density at radius 3 is 2.56 bits per heavy atom. The number of hydrogen-bond donors (Lipinski definition) is 1. The van der Waals surface area contributed by atoms with Gasteiger partial charge in [-0.2, -0.15) is 0 Å². The third-order valence-electron chi connectivity index (χ3n) is 2.40. The highest BCUT2D eigenvalue weighted by Crippen LogP contribution is 2.11. The summed E-state index contributed by atoms with van der Waals surface area (Å²) >= 11 is 3.44. The van der Waals surface area contributed by atoms with Gasteiger partial charge in [0.15, 0.2) is 0 Å². The monoisotopic (exact) mass is 344 g/mol. The van der Waals surface area contributed by atoms with Gasteiger partial charge in [-0.1, -0.05) is 28.1 Å². The lowest BCUT2D eigenvalue weighted by molar-refractivity contribution is -0.696. The van der Waals surface area contributed by atoms with Crippen molar-refractivity contribution in [3.05, 3.63) is 53.0 Å². The average Bonchev–Trinajstić information content (AvgIpc) is 2.74. The molecule has 0 spiro atoms. The van der Waals surface area contributed by atoms with E-state index in [4.69, 9.17) is 0 Å². The fourth-order valence-corrected chi connectivity index (χ4v) is 1.84. The van der Waals surface area contributed by atoms with Crippen molar-refractivity contribution in [2.24, 2.45) is 0 Å². The fraction of sp³-hybridized carbons (Fsp3) is 0.250. The van der Waals surface area contributed by atoms with Crippen LogP contribution in [0.2, 0.25) is 0 Å². The van der Waals surface area contributed by atoms with Gasteiger partial charge in [0.1, 0.15) is 12.4 Å². The Morgan fingerprint density at radius 1 is 1.19 bits per heavy atom. The maximum Gasteiger partial charge on any atom is 0.241 e. The molecule has 86 valence electrons. The SMILES string of the molecule is Brc1ccc(CCC[n+]2cc[nH]c2)cc1.[Br-]. The number of imidazole rings is 1. The molecule has 0 saturated carbocycles. The second-order valence-corrected chi connectivity index (χ2v) is 4.50. The van der Waals surface area contributed by atoms with Crippen LogP contribution in [0, 0.1) is 0 Å². The van der Waals surface area contributed by atoms with Gasteiger partial charge >= 0.3 is 0 Å². The smallest absolute Gasteiger partial charge is 0.241 e. The number of hydrogen-bond acceptors (Lipinski definition) is 0. The molecule has 0 aliphatic carbocycles. The highest BCUT2D eigenvalue weighted by atomic mass is 79.9. The summed E-state index contributed by atoms with van der Waals surface area (Å²) in [6, 6.07) is 8.54. The van der Waals surface area contributed by atoms with Crippen LogP contribution in [0.3, 0.4) is 0 Å². The first-order valence-corrected chi connectivity index (χ1v) is 5.90. The molecule has 2 rings (SSSR count). The van der Waals surface area contributed by atoms with Gasteiger partial charge in [0.2, 0.25) is 6.33 Å². The molecule has 0 atom stereocenters. The Bertz CT molecular complexity index is 395. The van der Waals surface area contributed by atoms with E-state index in [9.17, 15) is 0 Å². The van der Waals surface area contributed by atoms with Crippen molar-refractivity contribution in [1.29, 1.82) is 0 Å². The Morgan fingerprint density at radius 2 is 1.94 bits per heavy atom. The Labute approximate surface area is 115 Å². The summed E-state index contributed by atoms with van der Waals surface area (Å²) in [5, 5.41) is 0. The molecule has 1 aromatic carbocycles. The van der Waals surface area contributed by atoms with Crippen LogP contribution in [0.15, 0.2) is 47.5 Å². The number of H-pyrrole nitrogens is 1. The molecule has 2 nitrogen and oxygen atoms in total. The van der Waals surface area contributed by atoms with Gasteiger partial charge in [-0.05, 0) is 30.5 Å². The summed E-state index contributed by atoms with van der Waals surface area (Å²) in [5.74, 6) is 0. The molecule has 0 unspecified atom stereocenters. The topological polar surface area (TPSA) is 19.7 Å². The molecule has 0 saturated heterocycles. The fourth-order valence-electron chi connectivity index (χ4n) is 1.58. The predicted molar refractivity (Wildman–Crippen MR) is 63.5 cm³/mol. The van der Waals surface area contributed by atoms with Crippen molar-refractivity contribution in [1.82, 2.24) is 4.98 Å². The third-order valence-corrected chi connectivity index (χ3v) is 2.93. The second-order valence-electron chi connectivity index (χ2n) is 3.58. The van der Waals surface area contributed by atoms with E-state index in [1.165, 1.54) is 12.0 Å². The van der Waals surface area contributed by atoms with Crippen LogP contribution < -0.4 is 21.5 Å². The minimum atomic E-state index is 0. The van der Waals surface area contributed by atoms with Crippen molar-refractivity contribution in [3.8, 4) is 0 Å². The molecular formula is C12H14Br2N2. The first-order valence-electron chi connectivity index (χ1n) is 5.11. The number of halogens is 2. The van der Waals surface area contributed by atoms with Gasteiger partial charge in [0.25, 0.3) is 0 Å². The van der Waals surface area contributed by atoms with E-state index < -0.39 is 0 Å². The van der Waals surface area contributed by atoms with Crippen LogP contribution in [0.4, 0.5) is 0 Å². The summed E-state index contributed by atoms with van der Waals surface area (Å²) < 4.78 is 3.31. The molecule has 1 heterocycles. The van der Waals surface area contributed by atoms with Crippen LogP contribution in [0.1, 0.15) is 12.0 Å². The summed E-state index contributed by atoms with van der Waals surface area (Å²) in [4.78, 5) is 3.04. The van der Waals surface area contributed by atoms with Gasteiger partial charge in [0, 0.05) is 4.47 Å². The molecule has 0 bridgehead atoms. The molecule has 0 aliphatic heterocycles. The zero-order valence-electron chi connectivity index (χ0n) is 8.87. The maximum absolute atomic E-state index is 3.44. The minimum absolute atomic E-state index is 0. The van der Waals surface area contributed by atoms with Gasteiger partial charge in [0.05, 0.1) is 6.54 Å². The number of benzene rings is 1. The van der Waals surface area contributed by atoms with E-state index in [2.05, 4.69) is 55.9 Å². The van der Waals surface area contributed by atoms with Crippen LogP contribution >= 0.6 is 15.9 Å². The van der Waals surface area contributed by atoms with Crippen molar-refractivity contribution in [2.45, 2.75) is 19.4 Å². The number of rotatable bonds is 4. The highest BCUT2D eigenvalue weighted by Gasteiger charge is 1.97. The quantitative estimate of drug-likeness (QED) is 0.734. The summed E-state index contributed by atoms with van der Waals surface area (Å²) in [6.45, 7) is 1.07. The third kappa shape index (κ3) is 4.10. The van der Waals surface area contributed by atoms with E-state index in [1.807, 2.05) is 12.5 Å². The summed E-state index contributed by atoms with van der Waals surface area (Å²) in [7, 11) is 0. The van der Waals surface area contributed by atoms with E-state index in [0.717, 1.165) is 17.4 Å². The van der Waals surface area contributed by atoms with E-state index in [1.54, 1.807) is 0 Å². The molecule has 0 amide bonds. The zero-order chi connectivity index (χ0) is 10.5. The summed E-state index contributed by atoms with van der Waals surface area (Å²) in [6.07, 6.45) is 8.29. The first-order chi connectivity index (χ1) is 7.34. The number of aromatic amines is 1. The van der Waals surface area contributed by atoms with Crippen LogP contribution in [0.5, 0.6) is 0 Å². The summed E-state index contributed by atoms with van der Waals surface area (Å²) in [5.41, 5.74) is 1.40. The lowest BCUT2D eigenvalue weighted by atomic mass is 10.1. The molecular weight excluding hydrogens is 332 g/mol. The van der Waals surface area contributed by atoms with Crippen LogP contribution in [-0.2, 0) is 13.0 Å². The van der Waals surface area contributed by atoms with Crippen molar-refractivity contribution in [3.63, 3.8) is 0 Å². The normalized spacial score (nSPS) is 9.81.